The van der Waals surface area contributed by atoms with Crippen molar-refractivity contribution in [3.63, 3.8) is 0 Å². The van der Waals surface area contributed by atoms with Gasteiger partial charge in [-0.1, -0.05) is 75.1 Å². The lowest BCUT2D eigenvalue weighted by atomic mass is 10.1. The van der Waals surface area contributed by atoms with Crippen LogP contribution in [0.4, 0.5) is 10.5 Å². The average Bonchev–Trinajstić information content (AvgIpc) is 2.56. The van der Waals surface area contributed by atoms with Crippen LogP contribution in [0.15, 0.2) is 12.1 Å². The van der Waals surface area contributed by atoms with Crippen LogP contribution in [-0.4, -0.2) is 17.6 Å². The van der Waals surface area contributed by atoms with Crippen LogP contribution in [0, 0.1) is 10.1 Å². The summed E-state index contributed by atoms with van der Waals surface area (Å²) in [5.41, 5.74) is -0.262. The Morgan fingerprint density at radius 3 is 2.12 bits per heavy atom. The second-order valence-electron chi connectivity index (χ2n) is 5.79. The van der Waals surface area contributed by atoms with E-state index in [1.807, 2.05) is 0 Å². The van der Waals surface area contributed by atoms with Gasteiger partial charge < -0.3 is 10.1 Å². The molecule has 0 heterocycles. The number of halogens is 2. The first-order valence-corrected chi connectivity index (χ1v) is 9.30. The normalized spacial score (nSPS) is 10.5. The van der Waals surface area contributed by atoms with Crippen LogP contribution >= 0.6 is 23.2 Å². The van der Waals surface area contributed by atoms with E-state index in [9.17, 15) is 14.9 Å². The molecule has 0 aliphatic carbocycles. The summed E-state index contributed by atoms with van der Waals surface area (Å²) < 4.78 is 5.05. The molecule has 6 nitrogen and oxygen atoms in total. The molecule has 0 aromatic heterocycles. The summed E-state index contributed by atoms with van der Waals surface area (Å²) in [7, 11) is 0. The predicted octanol–water partition coefficient (Wildman–Crippen LogP) is 6.13. The van der Waals surface area contributed by atoms with Crippen molar-refractivity contribution >= 4 is 35.0 Å². The van der Waals surface area contributed by atoms with E-state index in [1.54, 1.807) is 0 Å². The molecule has 0 spiro atoms. The summed E-state index contributed by atoms with van der Waals surface area (Å²) in [6.07, 6.45) is 8.70. The smallest absolute Gasteiger partial charge is 0.407 e. The highest BCUT2D eigenvalue weighted by atomic mass is 35.5. The van der Waals surface area contributed by atoms with Crippen molar-refractivity contribution in [3.05, 3.63) is 32.3 Å². The summed E-state index contributed by atoms with van der Waals surface area (Å²) in [5.74, 6) is -0.0812. The van der Waals surface area contributed by atoms with Crippen LogP contribution in [0.2, 0.25) is 10.0 Å². The molecule has 0 fully saturated rings. The number of carbonyl (C=O) groups excluding carboxylic acids is 1. The second-order valence-corrected chi connectivity index (χ2v) is 6.60. The third kappa shape index (κ3) is 8.40. The van der Waals surface area contributed by atoms with Gasteiger partial charge >= 0.3 is 6.09 Å². The molecule has 0 unspecified atom stereocenters. The second kappa shape index (κ2) is 11.9. The molecule has 25 heavy (non-hydrogen) atoms. The zero-order chi connectivity index (χ0) is 18.7. The fraction of sp³-hybridized carbons (Fsp3) is 0.588. The number of nitro groups is 1. The van der Waals surface area contributed by atoms with E-state index in [4.69, 9.17) is 27.9 Å². The van der Waals surface area contributed by atoms with E-state index in [0.717, 1.165) is 31.4 Å². The fourth-order valence-corrected chi connectivity index (χ4v) is 2.88. The molecule has 0 saturated heterocycles. The molecule has 140 valence electrons. The van der Waals surface area contributed by atoms with Gasteiger partial charge in [-0.15, -0.1) is 0 Å². The van der Waals surface area contributed by atoms with Gasteiger partial charge in [0.15, 0.2) is 5.75 Å². The van der Waals surface area contributed by atoms with Crippen molar-refractivity contribution in [1.82, 2.24) is 5.32 Å². The zero-order valence-electron chi connectivity index (χ0n) is 14.4. The van der Waals surface area contributed by atoms with Gasteiger partial charge in [-0.25, -0.2) is 4.79 Å². The Morgan fingerprint density at radius 1 is 1.08 bits per heavy atom. The van der Waals surface area contributed by atoms with Crippen molar-refractivity contribution in [1.29, 1.82) is 0 Å². The Morgan fingerprint density at radius 2 is 1.60 bits per heavy atom. The van der Waals surface area contributed by atoms with Gasteiger partial charge in [0.1, 0.15) is 0 Å². The Hall–Kier alpha value is -1.53. The third-order valence-electron chi connectivity index (χ3n) is 3.69. The topological polar surface area (TPSA) is 81.5 Å². The molecule has 1 aromatic carbocycles. The lowest BCUT2D eigenvalue weighted by Gasteiger charge is -2.09. The van der Waals surface area contributed by atoms with Crippen LogP contribution in [0.3, 0.4) is 0 Å². The van der Waals surface area contributed by atoms with E-state index in [0.29, 0.717) is 6.54 Å². The third-order valence-corrected chi connectivity index (χ3v) is 4.25. The molecule has 0 aliphatic heterocycles. The largest absolute Gasteiger partial charge is 0.412 e. The molecule has 8 heteroatoms. The molecule has 0 bridgehead atoms. The van der Waals surface area contributed by atoms with E-state index < -0.39 is 11.0 Å². The number of nitrogens with one attached hydrogen (secondary N) is 1. The van der Waals surface area contributed by atoms with E-state index in [1.165, 1.54) is 32.1 Å². The van der Waals surface area contributed by atoms with Crippen LogP contribution in [0.25, 0.3) is 0 Å². The quantitative estimate of drug-likeness (QED) is 0.279. The maximum absolute atomic E-state index is 11.8. The number of non-ortho nitro benzene ring substituents is 1. The molecule has 0 saturated carbocycles. The Labute approximate surface area is 158 Å². The van der Waals surface area contributed by atoms with Gasteiger partial charge in [0.25, 0.3) is 5.69 Å². The number of ether oxygens (including phenoxy) is 1. The van der Waals surface area contributed by atoms with Crippen molar-refractivity contribution in [2.75, 3.05) is 6.54 Å². The van der Waals surface area contributed by atoms with Crippen molar-refractivity contribution in [3.8, 4) is 5.75 Å². The standard InChI is InChI=1S/C17H24Cl2N2O4/c1-2-3-4-5-6-7-8-9-10-20-17(22)25-16-14(18)11-13(21(23)24)12-15(16)19/h11-12H,2-10H2,1H3,(H,20,22). The SMILES string of the molecule is CCCCCCCCCCNC(=O)Oc1c(Cl)cc([N+](=O)[O-])cc1Cl. The fourth-order valence-electron chi connectivity index (χ4n) is 2.33. The van der Waals surface area contributed by atoms with Crippen molar-refractivity contribution in [2.45, 2.75) is 58.3 Å². The Balaban J connectivity index is 2.28. The van der Waals surface area contributed by atoms with Gasteiger partial charge in [0.05, 0.1) is 15.0 Å². The number of nitro benzene ring substituents is 1. The lowest BCUT2D eigenvalue weighted by Crippen LogP contribution is -2.27. The first kappa shape index (κ1) is 21.5. The minimum Gasteiger partial charge on any atom is -0.407 e. The van der Waals surface area contributed by atoms with Crippen molar-refractivity contribution in [2.24, 2.45) is 0 Å². The summed E-state index contributed by atoms with van der Waals surface area (Å²) in [5, 5.41) is 13.2. The van der Waals surface area contributed by atoms with Gasteiger partial charge in [-0.2, -0.15) is 0 Å². The molecule has 1 rings (SSSR count). The summed E-state index contributed by atoms with van der Waals surface area (Å²) in [6, 6.07) is 2.18. The maximum Gasteiger partial charge on any atom is 0.412 e. The lowest BCUT2D eigenvalue weighted by molar-refractivity contribution is -0.384. The number of unbranched alkanes of at least 4 members (excludes halogenated alkanes) is 7. The number of nitrogens with zero attached hydrogens (tertiary/aromatic N) is 1. The number of rotatable bonds is 11. The summed E-state index contributed by atoms with van der Waals surface area (Å²) >= 11 is 11.8. The van der Waals surface area contributed by atoms with Gasteiger partial charge in [0.2, 0.25) is 0 Å². The van der Waals surface area contributed by atoms with Crippen LogP contribution in [0.5, 0.6) is 5.75 Å². The van der Waals surface area contributed by atoms with E-state index in [-0.39, 0.29) is 21.5 Å². The van der Waals surface area contributed by atoms with E-state index in [2.05, 4.69) is 12.2 Å². The molecule has 1 aromatic rings. The Kier molecular flexibility index (Phi) is 10.3. The number of hydrogen-bond donors (Lipinski definition) is 1. The molecule has 1 amide bonds. The van der Waals surface area contributed by atoms with Gasteiger partial charge in [-0.05, 0) is 6.42 Å². The molecule has 0 radical (unpaired) electrons. The average molecular weight is 391 g/mol. The molecule has 0 atom stereocenters. The van der Waals surface area contributed by atoms with Crippen LogP contribution < -0.4 is 10.1 Å². The number of benzene rings is 1. The Bertz CT molecular complexity index is 559. The molecule has 1 N–H and O–H groups in total. The molecular weight excluding hydrogens is 367 g/mol. The minimum atomic E-state index is -0.680. The highest BCUT2D eigenvalue weighted by molar-refractivity contribution is 6.37. The van der Waals surface area contributed by atoms with Crippen LogP contribution in [-0.2, 0) is 0 Å². The first-order chi connectivity index (χ1) is 12.0. The highest BCUT2D eigenvalue weighted by Gasteiger charge is 2.18. The van der Waals surface area contributed by atoms with Gasteiger partial charge in [-0.3, -0.25) is 10.1 Å². The molecular formula is C17H24Cl2N2O4. The molecule has 0 aliphatic rings. The minimum absolute atomic E-state index is 0.0812. The summed E-state index contributed by atoms with van der Waals surface area (Å²) in [6.45, 7) is 2.69. The first-order valence-electron chi connectivity index (χ1n) is 8.54. The van der Waals surface area contributed by atoms with Gasteiger partial charge in [0, 0.05) is 18.7 Å². The number of amides is 1. The van der Waals surface area contributed by atoms with Crippen molar-refractivity contribution < 1.29 is 14.5 Å². The number of hydrogen-bond acceptors (Lipinski definition) is 4. The highest BCUT2D eigenvalue weighted by Crippen LogP contribution is 2.36. The van der Waals surface area contributed by atoms with Crippen LogP contribution in [0.1, 0.15) is 58.3 Å². The monoisotopic (exact) mass is 390 g/mol. The summed E-state index contributed by atoms with van der Waals surface area (Å²) in [4.78, 5) is 21.8. The number of carbonyl (C=O) groups is 1. The predicted molar refractivity (Wildman–Crippen MR) is 99.8 cm³/mol. The maximum atomic E-state index is 11.8. The van der Waals surface area contributed by atoms with E-state index >= 15 is 0 Å². The zero-order valence-corrected chi connectivity index (χ0v) is 15.9.